The van der Waals surface area contributed by atoms with E-state index in [1.807, 2.05) is 50.5 Å². The van der Waals surface area contributed by atoms with Gasteiger partial charge in [-0.05, 0) is 26.2 Å². The second-order valence-electron chi connectivity index (χ2n) is 6.68. The van der Waals surface area contributed by atoms with E-state index in [1.54, 1.807) is 12.1 Å². The van der Waals surface area contributed by atoms with E-state index in [4.69, 9.17) is 9.15 Å². The van der Waals surface area contributed by atoms with Gasteiger partial charge in [-0.15, -0.1) is 0 Å². The van der Waals surface area contributed by atoms with E-state index in [0.717, 1.165) is 12.1 Å². The number of nitrogens with zero attached hydrogens (tertiary/aromatic N) is 1. The van der Waals surface area contributed by atoms with E-state index < -0.39 is 0 Å². The lowest BCUT2D eigenvalue weighted by molar-refractivity contribution is 0.222. The Hall–Kier alpha value is -2.59. The first-order valence-corrected chi connectivity index (χ1v) is 8.44. The zero-order chi connectivity index (χ0) is 17.8. The summed E-state index contributed by atoms with van der Waals surface area (Å²) in [5.74, 6) is 1.69. The molecule has 0 aliphatic carbocycles. The summed E-state index contributed by atoms with van der Waals surface area (Å²) in [4.78, 5) is 14.5. The highest BCUT2D eigenvalue weighted by Crippen LogP contribution is 2.25. The molecule has 4 nitrogen and oxygen atoms in total. The summed E-state index contributed by atoms with van der Waals surface area (Å²) < 4.78 is 11.8. The van der Waals surface area contributed by atoms with Crippen LogP contribution < -0.4 is 10.2 Å². The van der Waals surface area contributed by atoms with Crippen molar-refractivity contribution < 1.29 is 9.15 Å². The molecule has 0 aliphatic heterocycles. The summed E-state index contributed by atoms with van der Waals surface area (Å²) in [5, 5.41) is 0.563. The molecule has 1 atom stereocenters. The van der Waals surface area contributed by atoms with E-state index in [-0.39, 0.29) is 5.43 Å². The first kappa shape index (κ1) is 17.2. The molecule has 4 heteroatoms. The maximum Gasteiger partial charge on any atom is 0.193 e. The third kappa shape index (κ3) is 4.28. The van der Waals surface area contributed by atoms with Crippen LogP contribution in [0.25, 0.3) is 22.3 Å². The Morgan fingerprint density at radius 3 is 2.56 bits per heavy atom. The van der Waals surface area contributed by atoms with E-state index in [1.165, 1.54) is 6.07 Å². The van der Waals surface area contributed by atoms with E-state index in [0.29, 0.717) is 35.0 Å². The normalized spacial score (nSPS) is 12.5. The molecular weight excluding hydrogens is 314 g/mol. The molecule has 3 rings (SSSR count). The van der Waals surface area contributed by atoms with Crippen molar-refractivity contribution in [2.75, 3.05) is 27.2 Å². The van der Waals surface area contributed by atoms with Gasteiger partial charge in [-0.25, -0.2) is 0 Å². The minimum absolute atomic E-state index is 0.0485. The standard InChI is InChI=1S/C21H23NO3/c1-15(13-22(2)3)14-24-17-9-10-18-19(23)12-20(25-21(18)11-17)16-7-5-4-6-8-16/h4-12,15H,13-14H2,1-3H3. The Labute approximate surface area is 147 Å². The number of rotatable bonds is 6. The van der Waals surface area contributed by atoms with Gasteiger partial charge in [0.05, 0.1) is 12.0 Å². The Balaban J connectivity index is 1.87. The summed E-state index contributed by atoms with van der Waals surface area (Å²) in [6.07, 6.45) is 0. The van der Waals surface area contributed by atoms with Crippen molar-refractivity contribution in [1.29, 1.82) is 0 Å². The van der Waals surface area contributed by atoms with E-state index >= 15 is 0 Å². The van der Waals surface area contributed by atoms with Crippen LogP contribution in [0.3, 0.4) is 0 Å². The van der Waals surface area contributed by atoms with Crippen molar-refractivity contribution in [1.82, 2.24) is 4.90 Å². The minimum atomic E-state index is -0.0485. The van der Waals surface area contributed by atoms with Crippen molar-refractivity contribution in [3.05, 3.63) is 64.8 Å². The second-order valence-corrected chi connectivity index (χ2v) is 6.68. The van der Waals surface area contributed by atoms with Gasteiger partial charge >= 0.3 is 0 Å². The van der Waals surface area contributed by atoms with Gasteiger partial charge in [-0.1, -0.05) is 37.3 Å². The summed E-state index contributed by atoms with van der Waals surface area (Å²) >= 11 is 0. The van der Waals surface area contributed by atoms with Gasteiger partial charge in [0.1, 0.15) is 17.1 Å². The Morgan fingerprint density at radius 1 is 1.08 bits per heavy atom. The van der Waals surface area contributed by atoms with Crippen LogP contribution in [0.5, 0.6) is 5.75 Å². The van der Waals surface area contributed by atoms with Gasteiger partial charge in [-0.3, -0.25) is 4.79 Å². The molecule has 0 saturated heterocycles. The van der Waals surface area contributed by atoms with Crippen molar-refractivity contribution in [2.45, 2.75) is 6.92 Å². The van der Waals surface area contributed by atoms with Gasteiger partial charge in [0.25, 0.3) is 0 Å². The summed E-state index contributed by atoms with van der Waals surface area (Å²) in [5.41, 5.74) is 1.38. The van der Waals surface area contributed by atoms with Gasteiger partial charge < -0.3 is 14.1 Å². The third-order valence-corrected chi connectivity index (χ3v) is 3.97. The summed E-state index contributed by atoms with van der Waals surface area (Å²) in [7, 11) is 4.10. The zero-order valence-electron chi connectivity index (χ0n) is 14.9. The van der Waals surface area contributed by atoms with Crippen molar-refractivity contribution in [2.24, 2.45) is 5.92 Å². The molecule has 0 spiro atoms. The highest BCUT2D eigenvalue weighted by atomic mass is 16.5. The molecule has 130 valence electrons. The predicted molar refractivity (Wildman–Crippen MR) is 101 cm³/mol. The van der Waals surface area contributed by atoms with Crippen LogP contribution in [0.4, 0.5) is 0 Å². The van der Waals surface area contributed by atoms with E-state index in [2.05, 4.69) is 11.8 Å². The molecule has 0 fully saturated rings. The molecular formula is C21H23NO3. The van der Waals surface area contributed by atoms with Gasteiger partial charge in [0, 0.05) is 30.2 Å². The molecule has 1 heterocycles. The van der Waals surface area contributed by atoms with Crippen molar-refractivity contribution in [3.63, 3.8) is 0 Å². The minimum Gasteiger partial charge on any atom is -0.493 e. The van der Waals surface area contributed by atoms with Crippen LogP contribution in [0.2, 0.25) is 0 Å². The third-order valence-electron chi connectivity index (χ3n) is 3.97. The molecule has 25 heavy (non-hydrogen) atoms. The smallest absolute Gasteiger partial charge is 0.193 e. The quantitative estimate of drug-likeness (QED) is 0.681. The Kier molecular flexibility index (Phi) is 5.19. The summed E-state index contributed by atoms with van der Waals surface area (Å²) in [6, 6.07) is 16.6. The first-order chi connectivity index (χ1) is 12.0. The lowest BCUT2D eigenvalue weighted by Crippen LogP contribution is -2.24. The molecule has 0 N–H and O–H groups in total. The molecule has 3 aromatic rings. The molecule has 0 aliphatic rings. The number of benzene rings is 2. The molecule has 1 unspecified atom stereocenters. The maximum atomic E-state index is 12.4. The number of hydrogen-bond donors (Lipinski definition) is 0. The van der Waals surface area contributed by atoms with Crippen molar-refractivity contribution in [3.8, 4) is 17.1 Å². The average Bonchev–Trinajstić information content (AvgIpc) is 2.60. The first-order valence-electron chi connectivity index (χ1n) is 8.44. The van der Waals surface area contributed by atoms with Crippen LogP contribution in [0, 0.1) is 5.92 Å². The van der Waals surface area contributed by atoms with Crippen LogP contribution in [0.1, 0.15) is 6.92 Å². The molecule has 0 bridgehead atoms. The largest absolute Gasteiger partial charge is 0.493 e. The lowest BCUT2D eigenvalue weighted by atomic mass is 10.1. The topological polar surface area (TPSA) is 42.7 Å². The van der Waals surface area contributed by atoms with Crippen LogP contribution in [-0.2, 0) is 0 Å². The van der Waals surface area contributed by atoms with Gasteiger partial charge in [0.2, 0.25) is 0 Å². The monoisotopic (exact) mass is 337 g/mol. The summed E-state index contributed by atoms with van der Waals surface area (Å²) in [6.45, 7) is 3.72. The van der Waals surface area contributed by atoms with Gasteiger partial charge in [0.15, 0.2) is 5.43 Å². The van der Waals surface area contributed by atoms with E-state index in [9.17, 15) is 4.79 Å². The molecule has 2 aromatic carbocycles. The fourth-order valence-corrected chi connectivity index (χ4v) is 2.88. The lowest BCUT2D eigenvalue weighted by Gasteiger charge is -2.17. The molecule has 0 radical (unpaired) electrons. The average molecular weight is 337 g/mol. The highest BCUT2D eigenvalue weighted by Gasteiger charge is 2.09. The van der Waals surface area contributed by atoms with Crippen LogP contribution in [0.15, 0.2) is 63.8 Å². The zero-order valence-corrected chi connectivity index (χ0v) is 14.9. The highest BCUT2D eigenvalue weighted by molar-refractivity contribution is 5.80. The maximum absolute atomic E-state index is 12.4. The SMILES string of the molecule is CC(COc1ccc2c(=O)cc(-c3ccccc3)oc2c1)CN(C)C. The van der Waals surface area contributed by atoms with Crippen LogP contribution >= 0.6 is 0 Å². The second kappa shape index (κ2) is 7.53. The number of hydrogen-bond acceptors (Lipinski definition) is 4. The predicted octanol–water partition coefficient (Wildman–Crippen LogP) is 4.04. The Bertz CT molecular complexity index is 900. The fraction of sp³-hybridized carbons (Fsp3) is 0.286. The van der Waals surface area contributed by atoms with Crippen LogP contribution in [-0.4, -0.2) is 32.1 Å². The molecule has 1 aromatic heterocycles. The molecule has 0 amide bonds. The fourth-order valence-electron chi connectivity index (χ4n) is 2.88. The Morgan fingerprint density at radius 2 is 1.84 bits per heavy atom. The van der Waals surface area contributed by atoms with Crippen molar-refractivity contribution >= 4 is 11.0 Å². The number of ether oxygens (including phenoxy) is 1. The van der Waals surface area contributed by atoms with Gasteiger partial charge in [-0.2, -0.15) is 0 Å². The molecule has 0 saturated carbocycles. The number of fused-ring (bicyclic) bond motifs is 1.